The van der Waals surface area contributed by atoms with Gasteiger partial charge in [0.1, 0.15) is 6.29 Å². The van der Waals surface area contributed by atoms with Gasteiger partial charge in [-0.25, -0.2) is 0 Å². The zero-order valence-electron chi connectivity index (χ0n) is 10.5. The maximum atomic E-state index is 11.6. The first kappa shape index (κ1) is 14.1. The summed E-state index contributed by atoms with van der Waals surface area (Å²) in [4.78, 5) is 24.3. The van der Waals surface area contributed by atoms with E-state index in [9.17, 15) is 9.59 Å². The van der Waals surface area contributed by atoms with E-state index in [1.807, 2.05) is 0 Å². The number of hydrogen-bond donors (Lipinski definition) is 1. The third-order valence-corrected chi connectivity index (χ3v) is 3.69. The molecular formula is C12H22N2O3. The fourth-order valence-electron chi connectivity index (χ4n) is 2.38. The zero-order valence-corrected chi connectivity index (χ0v) is 10.5. The lowest BCUT2D eigenvalue weighted by Crippen LogP contribution is -2.47. The first-order chi connectivity index (χ1) is 8.14. The average molecular weight is 242 g/mol. The molecule has 17 heavy (non-hydrogen) atoms. The van der Waals surface area contributed by atoms with Crippen molar-refractivity contribution in [3.8, 4) is 0 Å². The summed E-state index contributed by atoms with van der Waals surface area (Å²) in [6, 6.07) is 0. The summed E-state index contributed by atoms with van der Waals surface area (Å²) in [7, 11) is 1.68. The molecule has 0 spiro atoms. The van der Waals surface area contributed by atoms with Crippen LogP contribution in [0.3, 0.4) is 0 Å². The highest BCUT2D eigenvalue weighted by Crippen LogP contribution is 2.35. The van der Waals surface area contributed by atoms with E-state index in [2.05, 4.69) is 4.90 Å². The van der Waals surface area contributed by atoms with Crippen LogP contribution in [0.4, 0.5) is 0 Å². The van der Waals surface area contributed by atoms with E-state index in [0.29, 0.717) is 19.4 Å². The summed E-state index contributed by atoms with van der Waals surface area (Å²) in [5, 5.41) is 0. The molecule has 0 saturated carbocycles. The Hall–Kier alpha value is -0.940. The van der Waals surface area contributed by atoms with Gasteiger partial charge in [0.05, 0.1) is 12.0 Å². The third-order valence-electron chi connectivity index (χ3n) is 3.69. The topological polar surface area (TPSA) is 72.6 Å². The Bertz CT molecular complexity index is 260. The number of carbonyl (C=O) groups excluding carboxylic acids is 2. The van der Waals surface area contributed by atoms with E-state index in [4.69, 9.17) is 10.5 Å². The zero-order chi connectivity index (χ0) is 12.7. The maximum Gasteiger partial charge on any atom is 0.223 e. The maximum absolute atomic E-state index is 11.6. The molecule has 5 nitrogen and oxygen atoms in total. The lowest BCUT2D eigenvalue weighted by Gasteiger charge is -2.39. The van der Waals surface area contributed by atoms with Gasteiger partial charge in [-0.1, -0.05) is 0 Å². The lowest BCUT2D eigenvalue weighted by molar-refractivity contribution is -0.131. The monoisotopic (exact) mass is 242 g/mol. The van der Waals surface area contributed by atoms with E-state index >= 15 is 0 Å². The van der Waals surface area contributed by atoms with Gasteiger partial charge in [0.15, 0.2) is 0 Å². The molecule has 1 fully saturated rings. The van der Waals surface area contributed by atoms with E-state index in [1.54, 1.807) is 7.11 Å². The molecule has 5 heteroatoms. The van der Waals surface area contributed by atoms with Crippen molar-refractivity contribution in [2.24, 2.45) is 11.1 Å². The van der Waals surface area contributed by atoms with Crippen LogP contribution in [0.5, 0.6) is 0 Å². The quantitative estimate of drug-likeness (QED) is 0.646. The largest absolute Gasteiger partial charge is 0.383 e. The summed E-state index contributed by atoms with van der Waals surface area (Å²) in [6.45, 7) is 3.30. The molecule has 0 bridgehead atoms. The number of likely N-dealkylation sites (tertiary alicyclic amines) is 1. The Labute approximate surface area is 102 Å². The fourth-order valence-corrected chi connectivity index (χ4v) is 2.38. The lowest BCUT2D eigenvalue weighted by atomic mass is 9.74. The summed E-state index contributed by atoms with van der Waals surface area (Å²) >= 11 is 0. The molecule has 0 aliphatic carbocycles. The highest BCUT2D eigenvalue weighted by molar-refractivity contribution is 5.81. The molecule has 0 aromatic carbocycles. The highest BCUT2D eigenvalue weighted by atomic mass is 16.5. The number of ether oxygens (including phenoxy) is 1. The Morgan fingerprint density at radius 2 is 2.12 bits per heavy atom. The van der Waals surface area contributed by atoms with Crippen molar-refractivity contribution < 1.29 is 14.3 Å². The van der Waals surface area contributed by atoms with Gasteiger partial charge in [0.2, 0.25) is 5.91 Å². The standard InChI is InChI=1S/C12H22N2O3/c1-17-10-8-14-6-4-12(5-7-14,11(13)16)3-2-9-15/h9H,2-8,10H2,1H3,(H2,13,16). The second kappa shape index (κ2) is 6.71. The van der Waals surface area contributed by atoms with Gasteiger partial charge in [-0.2, -0.15) is 0 Å². The molecule has 2 N–H and O–H groups in total. The van der Waals surface area contributed by atoms with Gasteiger partial charge < -0.3 is 20.2 Å². The van der Waals surface area contributed by atoms with E-state index in [0.717, 1.165) is 38.8 Å². The molecule has 0 aromatic rings. The van der Waals surface area contributed by atoms with Crippen LogP contribution in [0, 0.1) is 5.41 Å². The van der Waals surface area contributed by atoms with E-state index in [-0.39, 0.29) is 5.91 Å². The molecule has 0 aromatic heterocycles. The highest BCUT2D eigenvalue weighted by Gasteiger charge is 2.39. The Morgan fingerprint density at radius 1 is 1.47 bits per heavy atom. The van der Waals surface area contributed by atoms with Crippen LogP contribution in [0.25, 0.3) is 0 Å². The van der Waals surface area contributed by atoms with Gasteiger partial charge in [0, 0.05) is 20.1 Å². The Morgan fingerprint density at radius 3 is 2.59 bits per heavy atom. The van der Waals surface area contributed by atoms with Crippen LogP contribution >= 0.6 is 0 Å². The van der Waals surface area contributed by atoms with Crippen LogP contribution < -0.4 is 5.73 Å². The van der Waals surface area contributed by atoms with Gasteiger partial charge in [-0.05, 0) is 32.4 Å². The number of rotatable bonds is 7. The summed E-state index contributed by atoms with van der Waals surface area (Å²) in [6.07, 6.45) is 3.37. The minimum atomic E-state index is -0.468. The molecule has 98 valence electrons. The second-order valence-corrected chi connectivity index (χ2v) is 4.68. The first-order valence-electron chi connectivity index (χ1n) is 6.09. The van der Waals surface area contributed by atoms with Crippen molar-refractivity contribution >= 4 is 12.2 Å². The number of carbonyl (C=O) groups is 2. The Kier molecular flexibility index (Phi) is 5.58. The van der Waals surface area contributed by atoms with Gasteiger partial charge in [-0.15, -0.1) is 0 Å². The smallest absolute Gasteiger partial charge is 0.223 e. The van der Waals surface area contributed by atoms with E-state index < -0.39 is 5.41 Å². The number of amides is 1. The third kappa shape index (κ3) is 3.78. The van der Waals surface area contributed by atoms with Crippen molar-refractivity contribution in [1.82, 2.24) is 4.90 Å². The summed E-state index contributed by atoms with van der Waals surface area (Å²) < 4.78 is 5.03. The van der Waals surface area contributed by atoms with Crippen LogP contribution in [0.2, 0.25) is 0 Å². The van der Waals surface area contributed by atoms with Crippen molar-refractivity contribution in [3.63, 3.8) is 0 Å². The molecule has 0 radical (unpaired) electrons. The first-order valence-corrected chi connectivity index (χ1v) is 6.09. The molecular weight excluding hydrogens is 220 g/mol. The Balaban J connectivity index is 2.49. The van der Waals surface area contributed by atoms with Crippen LogP contribution in [0.15, 0.2) is 0 Å². The molecule has 1 aliphatic heterocycles. The molecule has 1 saturated heterocycles. The van der Waals surface area contributed by atoms with Gasteiger partial charge in [-0.3, -0.25) is 4.79 Å². The SMILES string of the molecule is COCCN1CCC(CCC=O)(C(N)=O)CC1. The fraction of sp³-hybridized carbons (Fsp3) is 0.833. The van der Waals surface area contributed by atoms with Gasteiger partial charge >= 0.3 is 0 Å². The minimum absolute atomic E-state index is 0.259. The molecule has 1 rings (SSSR count). The predicted octanol–water partition coefficient (Wildman–Crippen LogP) is 0.179. The number of nitrogens with zero attached hydrogens (tertiary/aromatic N) is 1. The normalized spacial score (nSPS) is 20.1. The van der Waals surface area contributed by atoms with Gasteiger partial charge in [0.25, 0.3) is 0 Å². The van der Waals surface area contributed by atoms with E-state index in [1.165, 1.54) is 0 Å². The average Bonchev–Trinajstić information content (AvgIpc) is 2.35. The number of primary amides is 1. The molecule has 0 unspecified atom stereocenters. The molecule has 1 heterocycles. The molecule has 1 aliphatic rings. The molecule has 1 amide bonds. The predicted molar refractivity (Wildman–Crippen MR) is 64.5 cm³/mol. The summed E-state index contributed by atoms with van der Waals surface area (Å²) in [5.41, 5.74) is 5.02. The van der Waals surface area contributed by atoms with Crippen LogP contribution in [0.1, 0.15) is 25.7 Å². The van der Waals surface area contributed by atoms with Crippen LogP contribution in [-0.2, 0) is 14.3 Å². The number of aldehydes is 1. The number of methoxy groups -OCH3 is 1. The van der Waals surface area contributed by atoms with Crippen molar-refractivity contribution in [2.45, 2.75) is 25.7 Å². The second-order valence-electron chi connectivity index (χ2n) is 4.68. The van der Waals surface area contributed by atoms with Crippen molar-refractivity contribution in [2.75, 3.05) is 33.4 Å². The number of nitrogens with two attached hydrogens (primary N) is 1. The number of piperidine rings is 1. The van der Waals surface area contributed by atoms with Crippen molar-refractivity contribution in [3.05, 3.63) is 0 Å². The number of hydrogen-bond acceptors (Lipinski definition) is 4. The van der Waals surface area contributed by atoms with Crippen LogP contribution in [-0.4, -0.2) is 50.4 Å². The minimum Gasteiger partial charge on any atom is -0.383 e. The van der Waals surface area contributed by atoms with Crippen molar-refractivity contribution in [1.29, 1.82) is 0 Å². The molecule has 0 atom stereocenters. The summed E-state index contributed by atoms with van der Waals surface area (Å²) in [5.74, 6) is -0.259.